The smallest absolute Gasteiger partial charge is 0.235 e. The second-order valence-corrected chi connectivity index (χ2v) is 9.89. The third-order valence-corrected chi connectivity index (χ3v) is 7.09. The van der Waals surface area contributed by atoms with Gasteiger partial charge in [0.05, 0.1) is 33.7 Å². The summed E-state index contributed by atoms with van der Waals surface area (Å²) in [6, 6.07) is 12.5. The van der Waals surface area contributed by atoms with Crippen molar-refractivity contribution < 1.29 is 18.0 Å². The first-order valence-corrected chi connectivity index (χ1v) is 12.0. The van der Waals surface area contributed by atoms with Crippen LogP contribution in [0.1, 0.15) is 29.5 Å². The van der Waals surface area contributed by atoms with Crippen LogP contribution in [0.2, 0.25) is 10.0 Å². The first-order chi connectivity index (χ1) is 15.2. The normalized spacial score (nSPS) is 11.2. The van der Waals surface area contributed by atoms with Gasteiger partial charge in [0.25, 0.3) is 0 Å². The minimum atomic E-state index is -3.49. The minimum Gasteiger partial charge on any atom is -0.308 e. The van der Waals surface area contributed by atoms with Crippen LogP contribution in [0.5, 0.6) is 0 Å². The monoisotopic (exact) mass is 491 g/mol. The van der Waals surface area contributed by atoms with Gasteiger partial charge in [0.2, 0.25) is 11.7 Å². The molecule has 0 bridgehead atoms. The summed E-state index contributed by atoms with van der Waals surface area (Å²) in [5.41, 5.74) is 0.984. The number of hydrogen-bond acceptors (Lipinski definition) is 6. The van der Waals surface area contributed by atoms with Crippen LogP contribution in [-0.2, 0) is 21.2 Å². The standard InChI is InChI=1S/C22H19Cl2N3O4S/c1-2-32(30,31)17-6-3-5-16(12-17)27(14-15-7-8-18(23)19(24)11-15)21(29)13-20(28)22-25-9-4-10-26-22/h3-12H,2,13-14H2,1H3. The number of Topliss-reactive ketones (excluding diaryl/α,β-unsaturated/α-hetero) is 1. The van der Waals surface area contributed by atoms with Gasteiger partial charge in [-0.25, -0.2) is 18.4 Å². The van der Waals surface area contributed by atoms with Crippen molar-refractivity contribution in [3.05, 3.63) is 82.4 Å². The second kappa shape index (κ2) is 10.2. The molecule has 0 aliphatic rings. The van der Waals surface area contributed by atoms with E-state index >= 15 is 0 Å². The van der Waals surface area contributed by atoms with Crippen LogP contribution < -0.4 is 4.90 Å². The lowest BCUT2D eigenvalue weighted by atomic mass is 10.1. The number of anilines is 1. The SMILES string of the molecule is CCS(=O)(=O)c1cccc(N(Cc2ccc(Cl)c(Cl)c2)C(=O)CC(=O)c2ncccn2)c1. The number of sulfone groups is 1. The lowest BCUT2D eigenvalue weighted by Gasteiger charge is -2.23. The molecule has 1 amide bonds. The number of rotatable bonds is 8. The summed E-state index contributed by atoms with van der Waals surface area (Å²) < 4.78 is 24.7. The molecule has 32 heavy (non-hydrogen) atoms. The second-order valence-electron chi connectivity index (χ2n) is 6.80. The number of carbonyl (C=O) groups excluding carboxylic acids is 2. The zero-order chi connectivity index (χ0) is 23.3. The maximum absolute atomic E-state index is 13.2. The summed E-state index contributed by atoms with van der Waals surface area (Å²) in [5, 5.41) is 0.674. The Morgan fingerprint density at radius 2 is 1.69 bits per heavy atom. The van der Waals surface area contributed by atoms with Crippen LogP contribution >= 0.6 is 23.2 Å². The van der Waals surface area contributed by atoms with Crippen LogP contribution in [0.3, 0.4) is 0 Å². The van der Waals surface area contributed by atoms with Gasteiger partial charge >= 0.3 is 0 Å². The molecule has 0 unspecified atom stereocenters. The van der Waals surface area contributed by atoms with Crippen molar-refractivity contribution in [3.63, 3.8) is 0 Å². The van der Waals surface area contributed by atoms with E-state index in [1.165, 1.54) is 29.4 Å². The van der Waals surface area contributed by atoms with E-state index in [-0.39, 0.29) is 23.0 Å². The number of halogens is 2. The minimum absolute atomic E-state index is 0.0499. The van der Waals surface area contributed by atoms with Gasteiger partial charge in [-0.15, -0.1) is 0 Å². The van der Waals surface area contributed by atoms with E-state index in [2.05, 4.69) is 9.97 Å². The fourth-order valence-corrected chi connectivity index (χ4v) is 4.15. The van der Waals surface area contributed by atoms with Gasteiger partial charge in [-0.3, -0.25) is 9.59 Å². The fourth-order valence-electron chi connectivity index (χ4n) is 2.91. The van der Waals surface area contributed by atoms with E-state index in [1.54, 1.807) is 43.3 Å². The Bertz CT molecular complexity index is 1250. The molecular weight excluding hydrogens is 473 g/mol. The molecule has 0 saturated heterocycles. The van der Waals surface area contributed by atoms with E-state index in [4.69, 9.17) is 23.2 Å². The molecule has 3 aromatic rings. The molecule has 2 aromatic carbocycles. The van der Waals surface area contributed by atoms with E-state index in [1.807, 2.05) is 0 Å². The van der Waals surface area contributed by atoms with Crippen molar-refractivity contribution in [2.45, 2.75) is 24.8 Å². The number of amides is 1. The summed E-state index contributed by atoms with van der Waals surface area (Å²) >= 11 is 12.1. The molecule has 1 aromatic heterocycles. The molecule has 166 valence electrons. The Kier molecular flexibility index (Phi) is 7.60. The number of benzene rings is 2. The molecule has 7 nitrogen and oxygen atoms in total. The largest absolute Gasteiger partial charge is 0.308 e. The number of nitrogens with zero attached hydrogens (tertiary/aromatic N) is 3. The lowest BCUT2D eigenvalue weighted by Crippen LogP contribution is -2.32. The number of ketones is 1. The quantitative estimate of drug-likeness (QED) is 0.342. The van der Waals surface area contributed by atoms with Crippen LogP contribution in [0, 0.1) is 0 Å². The van der Waals surface area contributed by atoms with Crippen LogP contribution in [0.4, 0.5) is 5.69 Å². The maximum Gasteiger partial charge on any atom is 0.235 e. The van der Waals surface area contributed by atoms with Gasteiger partial charge in [-0.05, 0) is 42.0 Å². The summed E-state index contributed by atoms with van der Waals surface area (Å²) in [4.78, 5) is 34.8. The highest BCUT2D eigenvalue weighted by molar-refractivity contribution is 7.91. The lowest BCUT2D eigenvalue weighted by molar-refractivity contribution is -0.117. The molecule has 0 fully saturated rings. The van der Waals surface area contributed by atoms with Crippen molar-refractivity contribution in [1.82, 2.24) is 9.97 Å². The average Bonchev–Trinajstić information content (AvgIpc) is 2.80. The van der Waals surface area contributed by atoms with E-state index in [0.29, 0.717) is 21.3 Å². The average molecular weight is 492 g/mol. The third kappa shape index (κ3) is 5.70. The molecule has 0 atom stereocenters. The van der Waals surface area contributed by atoms with Crippen molar-refractivity contribution in [2.24, 2.45) is 0 Å². The van der Waals surface area contributed by atoms with Crippen molar-refractivity contribution in [3.8, 4) is 0 Å². The zero-order valence-corrected chi connectivity index (χ0v) is 19.4. The maximum atomic E-state index is 13.2. The Hall–Kier alpha value is -2.81. The fraction of sp³-hybridized carbons (Fsp3) is 0.182. The van der Waals surface area contributed by atoms with Crippen LogP contribution in [0.15, 0.2) is 65.8 Å². The highest BCUT2D eigenvalue weighted by Crippen LogP contribution is 2.27. The predicted octanol–water partition coefficient (Wildman–Crippen LogP) is 4.38. The summed E-state index contributed by atoms with van der Waals surface area (Å²) in [7, 11) is -3.49. The van der Waals surface area contributed by atoms with Gasteiger partial charge in [-0.2, -0.15) is 0 Å². The predicted molar refractivity (Wildman–Crippen MR) is 123 cm³/mol. The molecule has 0 spiro atoms. The van der Waals surface area contributed by atoms with E-state index < -0.39 is 27.9 Å². The van der Waals surface area contributed by atoms with Crippen molar-refractivity contribution >= 4 is 50.4 Å². The van der Waals surface area contributed by atoms with Crippen molar-refractivity contribution in [2.75, 3.05) is 10.7 Å². The number of hydrogen-bond donors (Lipinski definition) is 0. The first-order valence-electron chi connectivity index (χ1n) is 9.58. The summed E-state index contributed by atoms with van der Waals surface area (Å²) in [6.45, 7) is 1.59. The van der Waals surface area contributed by atoms with Gasteiger partial charge in [0.15, 0.2) is 15.7 Å². The molecule has 1 heterocycles. The number of aromatic nitrogens is 2. The van der Waals surface area contributed by atoms with Gasteiger partial charge < -0.3 is 4.90 Å². The van der Waals surface area contributed by atoms with Gasteiger partial charge in [-0.1, -0.05) is 42.3 Å². The molecule has 3 rings (SSSR count). The molecule has 10 heteroatoms. The highest BCUT2D eigenvalue weighted by Gasteiger charge is 2.23. The highest BCUT2D eigenvalue weighted by atomic mass is 35.5. The molecule has 0 aliphatic carbocycles. The number of carbonyl (C=O) groups is 2. The Morgan fingerprint density at radius 1 is 0.969 bits per heavy atom. The Balaban J connectivity index is 1.97. The topological polar surface area (TPSA) is 97.3 Å². The Morgan fingerprint density at radius 3 is 2.34 bits per heavy atom. The first kappa shape index (κ1) is 23.8. The summed E-state index contributed by atoms with van der Waals surface area (Å²) in [5.74, 6) is -1.25. The molecule has 0 radical (unpaired) electrons. The molecule has 0 saturated carbocycles. The van der Waals surface area contributed by atoms with E-state index in [9.17, 15) is 18.0 Å². The molecular formula is C22H19Cl2N3O4S. The third-order valence-electron chi connectivity index (χ3n) is 4.62. The van der Waals surface area contributed by atoms with Crippen LogP contribution in [-0.4, -0.2) is 35.8 Å². The van der Waals surface area contributed by atoms with E-state index in [0.717, 1.165) is 0 Å². The summed E-state index contributed by atoms with van der Waals surface area (Å²) in [6.07, 6.45) is 2.34. The molecule has 0 N–H and O–H groups in total. The van der Waals surface area contributed by atoms with Crippen molar-refractivity contribution in [1.29, 1.82) is 0 Å². The van der Waals surface area contributed by atoms with Gasteiger partial charge in [0, 0.05) is 18.1 Å². The molecule has 0 aliphatic heterocycles. The Labute approximate surface area is 195 Å². The van der Waals surface area contributed by atoms with Gasteiger partial charge in [0.1, 0.15) is 0 Å². The van der Waals surface area contributed by atoms with Crippen LogP contribution in [0.25, 0.3) is 0 Å². The zero-order valence-electron chi connectivity index (χ0n) is 17.0.